The maximum absolute atomic E-state index is 11.1. The second-order valence-electron chi connectivity index (χ2n) is 5.13. The largest absolute Gasteiger partial charge is 0.380 e. The summed E-state index contributed by atoms with van der Waals surface area (Å²) < 4.78 is 0. The maximum Gasteiger partial charge on any atom is 0.267 e. The summed E-state index contributed by atoms with van der Waals surface area (Å²) in [7, 11) is 0. The second-order valence-corrected chi connectivity index (χ2v) is 5.13. The first-order valence-corrected chi connectivity index (χ1v) is 7.40. The third-order valence-electron chi connectivity index (χ3n) is 3.22. The number of benzene rings is 2. The zero-order chi connectivity index (χ0) is 17.4. The van der Waals surface area contributed by atoms with E-state index in [1.54, 1.807) is 11.6 Å². The molecule has 0 unspecified atom stereocenters. The first-order chi connectivity index (χ1) is 11.6. The molecule has 0 aliphatic carbocycles. The average Bonchev–Trinajstić information content (AvgIpc) is 2.58. The van der Waals surface area contributed by atoms with Crippen LogP contribution in [0.3, 0.4) is 0 Å². The Hall–Kier alpha value is -3.12. The molecule has 2 aromatic carbocycles. The topological polar surface area (TPSA) is 90.5 Å². The lowest BCUT2D eigenvalue weighted by molar-refractivity contribution is -0.124. The molecule has 0 saturated carbocycles. The summed E-state index contributed by atoms with van der Waals surface area (Å²) in [6.45, 7) is 2.03. The Morgan fingerprint density at radius 2 is 1.92 bits per heavy atom. The van der Waals surface area contributed by atoms with E-state index in [4.69, 9.17) is 5.21 Å². The van der Waals surface area contributed by atoms with Gasteiger partial charge in [0.05, 0.1) is 0 Å². The minimum atomic E-state index is -0.590. The van der Waals surface area contributed by atoms with Crippen LogP contribution in [0.5, 0.6) is 0 Å². The highest BCUT2D eigenvalue weighted by atomic mass is 16.5. The molecule has 6 nitrogen and oxygen atoms in total. The molecular formula is C18H19N3O3. The normalized spacial score (nSPS) is 10.4. The molecule has 0 aliphatic rings. The molecule has 6 heteroatoms. The van der Waals surface area contributed by atoms with Crippen LogP contribution in [0.15, 0.2) is 54.6 Å². The predicted octanol–water partition coefficient (Wildman–Crippen LogP) is 2.78. The summed E-state index contributed by atoms with van der Waals surface area (Å²) in [5.74, 6) is -0.703. The van der Waals surface area contributed by atoms with Crippen molar-refractivity contribution >= 4 is 29.3 Å². The number of nitrogens with one attached hydrogen (secondary N) is 3. The van der Waals surface area contributed by atoms with Gasteiger partial charge in [0.2, 0.25) is 5.91 Å². The lowest BCUT2D eigenvalue weighted by atomic mass is 10.1. The smallest absolute Gasteiger partial charge is 0.267 e. The monoisotopic (exact) mass is 325 g/mol. The molecule has 2 aromatic rings. The molecule has 4 N–H and O–H groups in total. The lowest BCUT2D eigenvalue weighted by Crippen LogP contribution is -2.14. The number of hydrogen-bond donors (Lipinski definition) is 4. The molecule has 0 aliphatic heterocycles. The molecule has 2 rings (SSSR count). The van der Waals surface area contributed by atoms with Gasteiger partial charge in [-0.15, -0.1) is 0 Å². The number of para-hydroxylation sites is 1. The van der Waals surface area contributed by atoms with Crippen molar-refractivity contribution in [2.75, 3.05) is 10.6 Å². The van der Waals surface area contributed by atoms with E-state index in [2.05, 4.69) is 10.6 Å². The molecule has 124 valence electrons. The van der Waals surface area contributed by atoms with Gasteiger partial charge in [0.25, 0.3) is 5.91 Å². The fourth-order valence-electron chi connectivity index (χ4n) is 2.17. The van der Waals surface area contributed by atoms with Gasteiger partial charge in [0, 0.05) is 30.9 Å². The van der Waals surface area contributed by atoms with E-state index in [0.29, 0.717) is 6.54 Å². The molecule has 0 spiro atoms. The summed E-state index contributed by atoms with van der Waals surface area (Å²) in [6, 6.07) is 15.1. The van der Waals surface area contributed by atoms with Crippen molar-refractivity contribution in [1.29, 1.82) is 0 Å². The van der Waals surface area contributed by atoms with E-state index in [1.807, 2.05) is 48.5 Å². The van der Waals surface area contributed by atoms with Gasteiger partial charge in [-0.1, -0.05) is 30.3 Å². The first-order valence-electron chi connectivity index (χ1n) is 7.40. The van der Waals surface area contributed by atoms with Crippen molar-refractivity contribution in [3.8, 4) is 0 Å². The number of hydroxylamine groups is 1. The summed E-state index contributed by atoms with van der Waals surface area (Å²) in [5, 5.41) is 14.6. The standard InChI is InChI=1S/C18H19N3O3/c1-13(22)20-16-7-4-5-14(11-16)12-19-17-8-3-2-6-15(17)9-10-18(23)21-24/h2-11,19,24H,12H2,1H3,(H,20,22)(H,21,23). The van der Waals surface area contributed by atoms with Crippen LogP contribution >= 0.6 is 0 Å². The van der Waals surface area contributed by atoms with Crippen LogP contribution in [-0.2, 0) is 16.1 Å². The van der Waals surface area contributed by atoms with Gasteiger partial charge < -0.3 is 10.6 Å². The molecule has 0 bridgehead atoms. The van der Waals surface area contributed by atoms with E-state index >= 15 is 0 Å². The van der Waals surface area contributed by atoms with Gasteiger partial charge in [-0.2, -0.15) is 0 Å². The number of hydrogen-bond acceptors (Lipinski definition) is 4. The maximum atomic E-state index is 11.1. The third-order valence-corrected chi connectivity index (χ3v) is 3.22. The number of carbonyl (C=O) groups is 2. The Bertz CT molecular complexity index is 757. The van der Waals surface area contributed by atoms with Crippen LogP contribution < -0.4 is 16.1 Å². The summed E-state index contributed by atoms with van der Waals surface area (Å²) >= 11 is 0. The van der Waals surface area contributed by atoms with Crippen LogP contribution in [-0.4, -0.2) is 17.0 Å². The zero-order valence-electron chi connectivity index (χ0n) is 13.2. The molecule has 2 amide bonds. The van der Waals surface area contributed by atoms with E-state index in [1.165, 1.54) is 13.0 Å². The molecular weight excluding hydrogens is 306 g/mol. The van der Waals surface area contributed by atoms with Gasteiger partial charge >= 0.3 is 0 Å². The molecule has 24 heavy (non-hydrogen) atoms. The van der Waals surface area contributed by atoms with Crippen molar-refractivity contribution in [2.45, 2.75) is 13.5 Å². The summed E-state index contributed by atoms with van der Waals surface area (Å²) in [5.41, 5.74) is 4.98. The van der Waals surface area contributed by atoms with Crippen molar-refractivity contribution in [3.05, 3.63) is 65.7 Å². The number of amides is 2. The Morgan fingerprint density at radius 3 is 2.67 bits per heavy atom. The number of rotatable bonds is 6. The minimum absolute atomic E-state index is 0.113. The molecule has 0 atom stereocenters. The van der Waals surface area contributed by atoms with Gasteiger partial charge in [-0.25, -0.2) is 5.48 Å². The zero-order valence-corrected chi connectivity index (χ0v) is 13.2. The molecule has 0 saturated heterocycles. The Morgan fingerprint density at radius 1 is 1.12 bits per heavy atom. The first kappa shape index (κ1) is 17.2. The fraction of sp³-hybridized carbons (Fsp3) is 0.111. The van der Waals surface area contributed by atoms with Crippen LogP contribution in [0, 0.1) is 0 Å². The summed E-state index contributed by atoms with van der Waals surface area (Å²) in [4.78, 5) is 22.2. The molecule has 0 heterocycles. The van der Waals surface area contributed by atoms with Crippen LogP contribution in [0.25, 0.3) is 6.08 Å². The van der Waals surface area contributed by atoms with Crippen molar-refractivity contribution in [2.24, 2.45) is 0 Å². The fourth-order valence-corrected chi connectivity index (χ4v) is 2.17. The SMILES string of the molecule is CC(=O)Nc1cccc(CNc2ccccc2C=CC(=O)NO)c1. The van der Waals surface area contributed by atoms with Crippen LogP contribution in [0.1, 0.15) is 18.1 Å². The second kappa shape index (κ2) is 8.50. The van der Waals surface area contributed by atoms with Gasteiger partial charge in [-0.05, 0) is 35.4 Å². The van der Waals surface area contributed by atoms with E-state index < -0.39 is 5.91 Å². The van der Waals surface area contributed by atoms with E-state index in [0.717, 1.165) is 22.5 Å². The number of anilines is 2. The van der Waals surface area contributed by atoms with Crippen LogP contribution in [0.4, 0.5) is 11.4 Å². The predicted molar refractivity (Wildman–Crippen MR) is 93.5 cm³/mol. The van der Waals surface area contributed by atoms with Crippen molar-refractivity contribution in [1.82, 2.24) is 5.48 Å². The van der Waals surface area contributed by atoms with Gasteiger partial charge in [-0.3, -0.25) is 14.8 Å². The Kier molecular flexibility index (Phi) is 6.10. The molecule has 0 fully saturated rings. The minimum Gasteiger partial charge on any atom is -0.380 e. The quantitative estimate of drug-likeness (QED) is 0.373. The Labute approximate surface area is 140 Å². The molecule has 0 radical (unpaired) electrons. The highest BCUT2D eigenvalue weighted by molar-refractivity contribution is 5.91. The Balaban J connectivity index is 2.08. The average molecular weight is 325 g/mol. The van der Waals surface area contributed by atoms with Crippen molar-refractivity contribution < 1.29 is 14.8 Å². The third kappa shape index (κ3) is 5.26. The highest BCUT2D eigenvalue weighted by Crippen LogP contribution is 2.18. The van der Waals surface area contributed by atoms with Gasteiger partial charge in [0.15, 0.2) is 0 Å². The van der Waals surface area contributed by atoms with Crippen molar-refractivity contribution in [3.63, 3.8) is 0 Å². The molecule has 0 aromatic heterocycles. The summed E-state index contributed by atoms with van der Waals surface area (Å²) in [6.07, 6.45) is 2.86. The van der Waals surface area contributed by atoms with E-state index in [9.17, 15) is 9.59 Å². The van der Waals surface area contributed by atoms with Gasteiger partial charge in [0.1, 0.15) is 0 Å². The van der Waals surface area contributed by atoms with Crippen LogP contribution in [0.2, 0.25) is 0 Å². The number of carbonyl (C=O) groups excluding carboxylic acids is 2. The highest BCUT2D eigenvalue weighted by Gasteiger charge is 2.01. The lowest BCUT2D eigenvalue weighted by Gasteiger charge is -2.11. The van der Waals surface area contributed by atoms with E-state index in [-0.39, 0.29) is 5.91 Å².